The van der Waals surface area contributed by atoms with Crippen LogP contribution >= 0.6 is 0 Å². The van der Waals surface area contributed by atoms with Crippen LogP contribution in [0.3, 0.4) is 0 Å². The Hall–Kier alpha value is -0.570. The van der Waals surface area contributed by atoms with E-state index in [4.69, 9.17) is 0 Å². The van der Waals surface area contributed by atoms with Crippen molar-refractivity contribution >= 4 is 5.91 Å². The molecule has 0 heterocycles. The van der Waals surface area contributed by atoms with E-state index in [1.165, 1.54) is 89.9 Å². The summed E-state index contributed by atoms with van der Waals surface area (Å²) in [6, 6.07) is 1.43. The number of hydrogen-bond acceptors (Lipinski definition) is 2. The van der Waals surface area contributed by atoms with E-state index >= 15 is 0 Å². The second kappa shape index (κ2) is 18.7. The van der Waals surface area contributed by atoms with Gasteiger partial charge in [-0.15, -0.1) is 0 Å². The molecule has 38 heavy (non-hydrogen) atoms. The Morgan fingerprint density at radius 3 is 1.66 bits per heavy atom. The van der Waals surface area contributed by atoms with E-state index in [0.717, 1.165) is 61.4 Å². The molecule has 2 saturated carbocycles. The van der Waals surface area contributed by atoms with E-state index in [0.29, 0.717) is 18.5 Å². The number of amides is 1. The lowest BCUT2D eigenvalue weighted by atomic mass is 9.69. The zero-order chi connectivity index (χ0) is 27.9. The summed E-state index contributed by atoms with van der Waals surface area (Å²) < 4.78 is 0. The van der Waals surface area contributed by atoms with Crippen molar-refractivity contribution in [2.75, 3.05) is 13.1 Å². The molecular weight excluding hydrogens is 464 g/mol. The third-order valence-corrected chi connectivity index (χ3v) is 10.2. The molecule has 2 aliphatic carbocycles. The number of nitrogens with one attached hydrogen (secondary N) is 1. The van der Waals surface area contributed by atoms with Gasteiger partial charge in [-0.05, 0) is 74.0 Å². The van der Waals surface area contributed by atoms with E-state index in [9.17, 15) is 4.79 Å². The number of unbranched alkanes of at least 4 members (excludes halogenated alkanes) is 8. The molecule has 6 atom stereocenters. The van der Waals surface area contributed by atoms with E-state index < -0.39 is 0 Å². The quantitative estimate of drug-likeness (QED) is 0.178. The second-order valence-corrected chi connectivity index (χ2v) is 14.3. The summed E-state index contributed by atoms with van der Waals surface area (Å²) in [5, 5.41) is 3.29. The van der Waals surface area contributed by atoms with Crippen LogP contribution in [0.4, 0.5) is 0 Å². The van der Waals surface area contributed by atoms with Crippen molar-refractivity contribution in [3.63, 3.8) is 0 Å². The molecule has 3 heteroatoms. The van der Waals surface area contributed by atoms with Gasteiger partial charge in [-0.25, -0.2) is 0 Å². The van der Waals surface area contributed by atoms with Gasteiger partial charge in [0.2, 0.25) is 5.91 Å². The topological polar surface area (TPSA) is 32.3 Å². The highest BCUT2D eigenvalue weighted by Crippen LogP contribution is 2.43. The third kappa shape index (κ3) is 11.9. The monoisotopic (exact) mass is 533 g/mol. The van der Waals surface area contributed by atoms with Crippen molar-refractivity contribution in [3.05, 3.63) is 0 Å². The first-order valence-corrected chi connectivity index (χ1v) is 17.3. The van der Waals surface area contributed by atoms with E-state index in [1.54, 1.807) is 0 Å². The van der Waals surface area contributed by atoms with Crippen molar-refractivity contribution in [2.24, 2.45) is 35.5 Å². The van der Waals surface area contributed by atoms with Crippen LogP contribution in [0.2, 0.25) is 0 Å². The van der Waals surface area contributed by atoms with E-state index in [-0.39, 0.29) is 5.91 Å². The number of carbonyl (C=O) groups excluding carboxylic acids is 1. The zero-order valence-corrected chi connectivity index (χ0v) is 26.9. The predicted octanol–water partition coefficient (Wildman–Crippen LogP) is 9.64. The summed E-state index contributed by atoms with van der Waals surface area (Å²) in [4.78, 5) is 15.5. The number of carbonyl (C=O) groups is 1. The average Bonchev–Trinajstić information content (AvgIpc) is 2.87. The minimum absolute atomic E-state index is 0.275. The minimum atomic E-state index is 0.275. The number of rotatable bonds is 18. The van der Waals surface area contributed by atoms with Gasteiger partial charge < -0.3 is 5.32 Å². The van der Waals surface area contributed by atoms with Gasteiger partial charge in [0.15, 0.2) is 0 Å². The minimum Gasteiger partial charge on any atom is -0.356 e. The van der Waals surface area contributed by atoms with Gasteiger partial charge >= 0.3 is 0 Å². The van der Waals surface area contributed by atoms with Gasteiger partial charge in [0.05, 0.1) is 0 Å². The van der Waals surface area contributed by atoms with E-state index in [1.807, 2.05) is 0 Å². The van der Waals surface area contributed by atoms with Gasteiger partial charge in [0.25, 0.3) is 0 Å². The summed E-state index contributed by atoms with van der Waals surface area (Å²) in [6.45, 7) is 19.1. The van der Waals surface area contributed by atoms with Crippen LogP contribution in [-0.4, -0.2) is 36.0 Å². The standard InChI is InChI=1S/C35H68N2O/c1-8-9-10-11-12-13-14-15-16-18-35(38)36-23-17-24-37(33-25-29(6)19-21-31(33)27(2)3)34-26-30(7)20-22-32(34)28(4)5/h27-34H,8-26H2,1-7H3,(H,36,38). The number of nitrogens with zero attached hydrogens (tertiary/aromatic N) is 1. The van der Waals surface area contributed by atoms with Crippen LogP contribution in [-0.2, 0) is 4.79 Å². The fourth-order valence-electron chi connectivity index (χ4n) is 7.82. The zero-order valence-electron chi connectivity index (χ0n) is 26.9. The first kappa shape index (κ1) is 33.6. The molecule has 6 unspecified atom stereocenters. The first-order chi connectivity index (χ1) is 18.2. The highest BCUT2D eigenvalue weighted by atomic mass is 16.1. The molecule has 0 aromatic rings. The van der Waals surface area contributed by atoms with Crippen molar-refractivity contribution in [3.8, 4) is 0 Å². The van der Waals surface area contributed by atoms with Crippen LogP contribution in [0.25, 0.3) is 0 Å². The largest absolute Gasteiger partial charge is 0.356 e. The maximum Gasteiger partial charge on any atom is 0.219 e. The summed E-state index contributed by atoms with van der Waals surface area (Å²) in [5.41, 5.74) is 0. The van der Waals surface area contributed by atoms with Gasteiger partial charge in [-0.1, -0.05) is 113 Å². The lowest BCUT2D eigenvalue weighted by Crippen LogP contribution is -2.55. The molecule has 3 nitrogen and oxygen atoms in total. The van der Waals surface area contributed by atoms with Gasteiger partial charge in [0.1, 0.15) is 0 Å². The molecule has 0 aliphatic heterocycles. The summed E-state index contributed by atoms with van der Waals surface area (Å²) >= 11 is 0. The Balaban J connectivity index is 1.85. The molecular formula is C35H68N2O. The van der Waals surface area contributed by atoms with Crippen molar-refractivity contribution < 1.29 is 4.79 Å². The molecule has 0 radical (unpaired) electrons. The fourth-order valence-corrected chi connectivity index (χ4v) is 7.82. The van der Waals surface area contributed by atoms with E-state index in [2.05, 4.69) is 58.7 Å². The highest BCUT2D eigenvalue weighted by molar-refractivity contribution is 5.75. The smallest absolute Gasteiger partial charge is 0.219 e. The van der Waals surface area contributed by atoms with Crippen LogP contribution in [0.15, 0.2) is 0 Å². The second-order valence-electron chi connectivity index (χ2n) is 14.3. The first-order valence-electron chi connectivity index (χ1n) is 17.3. The van der Waals surface area contributed by atoms with Crippen molar-refractivity contribution in [1.82, 2.24) is 10.2 Å². The Bertz CT molecular complexity index is 585. The molecule has 0 aromatic carbocycles. The summed E-state index contributed by atoms with van der Waals surface area (Å²) in [7, 11) is 0. The van der Waals surface area contributed by atoms with Crippen LogP contribution in [0, 0.1) is 35.5 Å². The molecule has 1 N–H and O–H groups in total. The maximum atomic E-state index is 12.5. The van der Waals surface area contributed by atoms with Crippen LogP contribution in [0.5, 0.6) is 0 Å². The lowest BCUT2D eigenvalue weighted by Gasteiger charge is -2.52. The lowest BCUT2D eigenvalue weighted by molar-refractivity contribution is -0.121. The fraction of sp³-hybridized carbons (Fsp3) is 0.971. The molecule has 0 bridgehead atoms. The van der Waals surface area contributed by atoms with Gasteiger partial charge in [0, 0.05) is 31.6 Å². The number of hydrogen-bond donors (Lipinski definition) is 1. The van der Waals surface area contributed by atoms with Crippen molar-refractivity contribution in [2.45, 2.75) is 170 Å². The summed E-state index contributed by atoms with van der Waals surface area (Å²) in [5.74, 6) is 5.10. The molecule has 0 spiro atoms. The Morgan fingerprint density at radius 2 is 1.18 bits per heavy atom. The average molecular weight is 533 g/mol. The Morgan fingerprint density at radius 1 is 0.711 bits per heavy atom. The molecule has 2 rings (SSSR count). The normalized spacial score (nSPS) is 28.4. The molecule has 224 valence electrons. The molecule has 0 saturated heterocycles. The highest BCUT2D eigenvalue weighted by Gasteiger charge is 2.41. The van der Waals surface area contributed by atoms with Crippen molar-refractivity contribution in [1.29, 1.82) is 0 Å². The predicted molar refractivity (Wildman–Crippen MR) is 166 cm³/mol. The molecule has 2 aliphatic rings. The molecule has 0 aromatic heterocycles. The van der Waals surface area contributed by atoms with Gasteiger partial charge in [-0.2, -0.15) is 0 Å². The summed E-state index contributed by atoms with van der Waals surface area (Å²) in [6.07, 6.45) is 21.9. The SMILES string of the molecule is CCCCCCCCCCCC(=O)NCCCN(C1CC(C)CCC1C(C)C)C1CC(C)CCC1C(C)C. The Kier molecular flexibility index (Phi) is 16.6. The Labute approximate surface area is 239 Å². The van der Waals surface area contributed by atoms with Crippen LogP contribution < -0.4 is 5.32 Å². The van der Waals surface area contributed by atoms with Crippen LogP contribution in [0.1, 0.15) is 158 Å². The maximum absolute atomic E-state index is 12.5. The van der Waals surface area contributed by atoms with Gasteiger partial charge in [-0.3, -0.25) is 9.69 Å². The molecule has 1 amide bonds. The third-order valence-electron chi connectivity index (χ3n) is 10.2. The molecule has 2 fully saturated rings.